The number of hydrogen-bond donors (Lipinski definition) is 4. The maximum atomic E-state index is 13.8. The van der Waals surface area contributed by atoms with Crippen LogP contribution in [0.5, 0.6) is 5.75 Å². The van der Waals surface area contributed by atoms with Crippen LogP contribution in [0.2, 0.25) is 0 Å². The maximum Gasteiger partial charge on any atom is 0.387 e. The van der Waals surface area contributed by atoms with Gasteiger partial charge < -0.3 is 25.2 Å². The van der Waals surface area contributed by atoms with Crippen LogP contribution in [0.1, 0.15) is 28.9 Å². The highest BCUT2D eigenvalue weighted by Gasteiger charge is 2.34. The summed E-state index contributed by atoms with van der Waals surface area (Å²) in [5.74, 6) is -1.43. The fraction of sp³-hybridized carbons (Fsp3) is 0.400. The van der Waals surface area contributed by atoms with Crippen molar-refractivity contribution in [2.75, 3.05) is 12.4 Å². The van der Waals surface area contributed by atoms with Crippen molar-refractivity contribution in [1.29, 1.82) is 0 Å². The number of benzene rings is 1. The number of anilines is 1. The van der Waals surface area contributed by atoms with Crippen LogP contribution in [0.3, 0.4) is 0 Å². The Morgan fingerprint density at radius 2 is 2.09 bits per heavy atom. The minimum atomic E-state index is -3.11. The zero-order chi connectivity index (χ0) is 23.7. The monoisotopic (exact) mass is 466 g/mol. The molecule has 4 N–H and O–H groups in total. The number of nitrogens with zero attached hydrogens (tertiary/aromatic N) is 4. The molecule has 0 aliphatic heterocycles. The van der Waals surface area contributed by atoms with Crippen LogP contribution in [0.15, 0.2) is 24.5 Å². The lowest BCUT2D eigenvalue weighted by Crippen LogP contribution is -2.34. The average Bonchev–Trinajstić information content (AvgIpc) is 3.31. The van der Waals surface area contributed by atoms with Crippen LogP contribution in [0.4, 0.5) is 19.0 Å². The third kappa shape index (κ3) is 4.83. The van der Waals surface area contributed by atoms with E-state index in [0.717, 1.165) is 12.1 Å². The lowest BCUT2D eigenvalue weighted by molar-refractivity contribution is -0.0500. The van der Waals surface area contributed by atoms with Gasteiger partial charge in [-0.3, -0.25) is 9.89 Å². The summed E-state index contributed by atoms with van der Waals surface area (Å²) in [6, 6.07) is 2.67. The zero-order valence-electron chi connectivity index (χ0n) is 17.4. The summed E-state index contributed by atoms with van der Waals surface area (Å²) >= 11 is 0. The van der Waals surface area contributed by atoms with Gasteiger partial charge in [0.25, 0.3) is 5.91 Å². The number of aromatic nitrogens is 4. The molecule has 1 aliphatic rings. The van der Waals surface area contributed by atoms with E-state index < -0.39 is 36.6 Å². The molecule has 1 saturated carbocycles. The second-order valence-electron chi connectivity index (χ2n) is 7.74. The fourth-order valence-electron chi connectivity index (χ4n) is 3.83. The predicted octanol–water partition coefficient (Wildman–Crippen LogP) is 1.66. The highest BCUT2D eigenvalue weighted by atomic mass is 19.3. The minimum Gasteiger partial charge on any atom is -0.435 e. The first-order valence-electron chi connectivity index (χ1n) is 10.0. The Bertz CT molecular complexity index is 1160. The second-order valence-corrected chi connectivity index (χ2v) is 7.74. The summed E-state index contributed by atoms with van der Waals surface area (Å²) in [6.07, 6.45) is 0.302. The summed E-state index contributed by atoms with van der Waals surface area (Å²) in [5.41, 5.74) is 0.489. The number of rotatable bonds is 7. The number of carbonyl (C=O) groups excluding carboxylic acids is 1. The van der Waals surface area contributed by atoms with E-state index in [-0.39, 0.29) is 40.4 Å². The van der Waals surface area contributed by atoms with Gasteiger partial charge in [0.1, 0.15) is 29.4 Å². The number of aliphatic hydroxyl groups is 2. The van der Waals surface area contributed by atoms with E-state index in [1.165, 1.54) is 24.3 Å². The molecule has 1 aromatic carbocycles. The van der Waals surface area contributed by atoms with Gasteiger partial charge in [0, 0.05) is 19.7 Å². The van der Waals surface area contributed by atoms with Gasteiger partial charge in [-0.05, 0) is 30.5 Å². The molecule has 0 radical (unpaired) electrons. The van der Waals surface area contributed by atoms with Gasteiger partial charge in [-0.1, -0.05) is 0 Å². The number of nitrogens with one attached hydrogen (secondary N) is 2. The van der Waals surface area contributed by atoms with E-state index in [4.69, 9.17) is 0 Å². The standard InChI is InChI=1S/C20H21F3N6O4/c1-29(7-9-4-10(21)6-11(5-9)33-20(22)23)19(32)15-14-17(24-8-25-18(14)28-27-15)26-12-2-3-13(30)16(12)31/h4-6,8,12-13,16,20,30-31H,2-3,7H2,1H3,(H2,24,25,26,27,28)/t12-,13-,16+/m1/s1. The molecule has 0 bridgehead atoms. The molecule has 1 aliphatic carbocycles. The van der Waals surface area contributed by atoms with Gasteiger partial charge in [0.15, 0.2) is 5.65 Å². The Kier molecular flexibility index (Phi) is 6.33. The molecule has 2 aromatic heterocycles. The summed E-state index contributed by atoms with van der Waals surface area (Å²) in [4.78, 5) is 22.5. The van der Waals surface area contributed by atoms with Gasteiger partial charge in [0.2, 0.25) is 0 Å². The molecule has 176 valence electrons. The van der Waals surface area contributed by atoms with E-state index in [2.05, 4.69) is 30.2 Å². The molecule has 2 heterocycles. The molecule has 13 heteroatoms. The van der Waals surface area contributed by atoms with Crippen molar-refractivity contribution in [1.82, 2.24) is 25.1 Å². The summed E-state index contributed by atoms with van der Waals surface area (Å²) < 4.78 is 43.0. The molecule has 10 nitrogen and oxygen atoms in total. The van der Waals surface area contributed by atoms with Crippen LogP contribution in [-0.2, 0) is 6.54 Å². The number of carbonyl (C=O) groups is 1. The van der Waals surface area contributed by atoms with E-state index in [0.29, 0.717) is 12.8 Å². The number of amides is 1. The molecule has 3 aromatic rings. The number of halogens is 3. The minimum absolute atomic E-state index is 0.0455. The molecule has 0 spiro atoms. The van der Waals surface area contributed by atoms with Gasteiger partial charge >= 0.3 is 6.61 Å². The van der Waals surface area contributed by atoms with Crippen LogP contribution >= 0.6 is 0 Å². The van der Waals surface area contributed by atoms with Gasteiger partial charge in [-0.15, -0.1) is 0 Å². The van der Waals surface area contributed by atoms with E-state index in [1.807, 2.05) is 0 Å². The molecule has 4 rings (SSSR count). The summed E-state index contributed by atoms with van der Waals surface area (Å²) in [6.45, 7) is -3.22. The molecule has 3 atom stereocenters. The lowest BCUT2D eigenvalue weighted by Gasteiger charge is -2.20. The highest BCUT2D eigenvalue weighted by molar-refractivity contribution is 6.07. The number of hydrogen-bond acceptors (Lipinski definition) is 8. The second kappa shape index (κ2) is 9.19. The molecule has 1 fully saturated rings. The number of aromatic amines is 1. The van der Waals surface area contributed by atoms with Crippen LogP contribution in [-0.4, -0.2) is 73.1 Å². The van der Waals surface area contributed by atoms with Crippen LogP contribution in [0.25, 0.3) is 11.0 Å². The van der Waals surface area contributed by atoms with E-state index in [1.54, 1.807) is 0 Å². The van der Waals surface area contributed by atoms with Crippen molar-refractivity contribution in [3.8, 4) is 5.75 Å². The number of H-pyrrole nitrogens is 1. The smallest absolute Gasteiger partial charge is 0.387 e. The lowest BCUT2D eigenvalue weighted by atomic mass is 10.1. The van der Waals surface area contributed by atoms with Gasteiger partial charge in [-0.25, -0.2) is 14.4 Å². The van der Waals surface area contributed by atoms with Gasteiger partial charge in [-0.2, -0.15) is 13.9 Å². The Hall–Kier alpha value is -3.45. The first-order chi connectivity index (χ1) is 15.7. The Labute approximate surface area is 185 Å². The van der Waals surface area contributed by atoms with Gasteiger partial charge in [0.05, 0.1) is 23.6 Å². The van der Waals surface area contributed by atoms with Crippen LogP contribution < -0.4 is 10.1 Å². The average molecular weight is 466 g/mol. The maximum absolute atomic E-state index is 13.8. The van der Waals surface area contributed by atoms with Crippen molar-refractivity contribution in [2.24, 2.45) is 0 Å². The zero-order valence-corrected chi connectivity index (χ0v) is 17.4. The SMILES string of the molecule is CN(Cc1cc(F)cc(OC(F)F)c1)C(=O)c1[nH]nc2ncnc(N[C@@H]3CC[C@@H](O)[C@H]3O)c12. The van der Waals surface area contributed by atoms with E-state index >= 15 is 0 Å². The number of aliphatic hydroxyl groups excluding tert-OH is 2. The molecular weight excluding hydrogens is 445 g/mol. The largest absolute Gasteiger partial charge is 0.435 e. The van der Waals surface area contributed by atoms with Crippen molar-refractivity contribution < 1.29 is 32.9 Å². The van der Waals surface area contributed by atoms with E-state index in [9.17, 15) is 28.2 Å². The Morgan fingerprint density at radius 1 is 1.30 bits per heavy atom. The summed E-state index contributed by atoms with van der Waals surface area (Å²) in [7, 11) is 1.45. The fourth-order valence-corrected chi connectivity index (χ4v) is 3.83. The molecular formula is C20H21F3N6O4. The normalized spacial score (nSPS) is 20.4. The first-order valence-corrected chi connectivity index (χ1v) is 10.0. The molecule has 0 unspecified atom stereocenters. The Morgan fingerprint density at radius 3 is 2.79 bits per heavy atom. The van der Waals surface area contributed by atoms with Crippen LogP contribution in [0, 0.1) is 5.82 Å². The first kappa shape index (κ1) is 22.7. The topological polar surface area (TPSA) is 136 Å². The quantitative estimate of drug-likeness (QED) is 0.413. The molecule has 0 saturated heterocycles. The Balaban J connectivity index is 1.58. The number of alkyl halides is 2. The third-order valence-corrected chi connectivity index (χ3v) is 5.39. The summed E-state index contributed by atoms with van der Waals surface area (Å²) in [5, 5.41) is 29.9. The van der Waals surface area contributed by atoms with Crippen molar-refractivity contribution in [3.05, 3.63) is 41.6 Å². The predicted molar refractivity (Wildman–Crippen MR) is 109 cm³/mol. The molecule has 33 heavy (non-hydrogen) atoms. The van der Waals surface area contributed by atoms with Crippen molar-refractivity contribution >= 4 is 22.8 Å². The number of fused-ring (bicyclic) bond motifs is 1. The highest BCUT2D eigenvalue weighted by Crippen LogP contribution is 2.28. The van der Waals surface area contributed by atoms with Crippen molar-refractivity contribution in [3.63, 3.8) is 0 Å². The number of ether oxygens (including phenoxy) is 1. The molecule has 1 amide bonds. The van der Waals surface area contributed by atoms with Crippen molar-refractivity contribution in [2.45, 2.75) is 44.2 Å². The third-order valence-electron chi connectivity index (χ3n) is 5.39.